The summed E-state index contributed by atoms with van der Waals surface area (Å²) >= 11 is 0. The minimum Gasteiger partial charge on any atom is -0.267 e. The van der Waals surface area contributed by atoms with Gasteiger partial charge in [0.15, 0.2) is 0 Å². The fourth-order valence-electron chi connectivity index (χ4n) is 1.06. The molecule has 1 rings (SSSR count). The quantitative estimate of drug-likeness (QED) is 0.501. The summed E-state index contributed by atoms with van der Waals surface area (Å²) in [5.41, 5.74) is 0. The zero-order valence-electron chi connectivity index (χ0n) is 7.65. The van der Waals surface area contributed by atoms with Crippen LogP contribution in [0.5, 0.6) is 0 Å². The second kappa shape index (κ2) is 4.04. The average Bonchev–Trinajstić information content (AvgIpc) is 2.04. The third-order valence-corrected chi connectivity index (χ3v) is 4.41. The highest BCUT2D eigenvalue weighted by atomic mass is 32.2. The lowest BCUT2D eigenvalue weighted by Crippen LogP contribution is -2.17. The highest BCUT2D eigenvalue weighted by Gasteiger charge is 2.15. The molecule has 0 atom stereocenters. The van der Waals surface area contributed by atoms with E-state index in [-0.39, 0.29) is 6.61 Å². The largest absolute Gasteiger partial charge is 0.296 e. The molecule has 0 N–H and O–H groups in total. The summed E-state index contributed by atoms with van der Waals surface area (Å²) in [6, 6.07) is 6.91. The average molecular weight is 216 g/mol. The van der Waals surface area contributed by atoms with Crippen molar-refractivity contribution >= 4 is 25.5 Å². The van der Waals surface area contributed by atoms with Crippen LogP contribution in [-0.2, 0) is 14.3 Å². The monoisotopic (exact) mass is 216 g/mol. The van der Waals surface area contributed by atoms with Gasteiger partial charge in [0.05, 0.1) is 11.5 Å². The summed E-state index contributed by atoms with van der Waals surface area (Å²) in [5, 5.41) is 0.843. The molecule has 0 saturated heterocycles. The van der Waals surface area contributed by atoms with E-state index in [1.807, 2.05) is 6.07 Å². The van der Waals surface area contributed by atoms with Crippen molar-refractivity contribution in [2.24, 2.45) is 0 Å². The van der Waals surface area contributed by atoms with Crippen molar-refractivity contribution in [3.8, 4) is 0 Å². The van der Waals surface area contributed by atoms with Gasteiger partial charge in [-0.25, -0.2) is 0 Å². The van der Waals surface area contributed by atoms with E-state index in [2.05, 4.69) is 0 Å². The molecule has 0 aliphatic carbocycles. The van der Waals surface area contributed by atoms with E-state index in [9.17, 15) is 8.42 Å². The summed E-state index contributed by atoms with van der Waals surface area (Å²) < 4.78 is 27.6. The van der Waals surface area contributed by atoms with Gasteiger partial charge in [-0.15, -0.1) is 0 Å². The standard InChI is InChI=1S/C8H12O3SSi/c1-2-11-12(9,10)7-5-3-4-6-8(7)13/h3-6H,2H2,1,13H3. The summed E-state index contributed by atoms with van der Waals surface area (Å²) in [4.78, 5) is 0.309. The molecule has 0 spiro atoms. The molecule has 0 heterocycles. The van der Waals surface area contributed by atoms with Gasteiger partial charge in [-0.2, -0.15) is 8.42 Å². The van der Waals surface area contributed by atoms with Gasteiger partial charge in [-0.3, -0.25) is 4.18 Å². The molecular formula is C8H12O3SSi. The number of hydrogen-bond acceptors (Lipinski definition) is 3. The van der Waals surface area contributed by atoms with Crippen molar-refractivity contribution in [3.05, 3.63) is 24.3 Å². The Balaban J connectivity index is 3.15. The normalized spacial score (nSPS) is 11.8. The SMILES string of the molecule is CCOS(=O)(=O)c1ccccc1[SiH3]. The van der Waals surface area contributed by atoms with Crippen molar-refractivity contribution in [3.63, 3.8) is 0 Å². The van der Waals surface area contributed by atoms with Crippen LogP contribution in [0.25, 0.3) is 0 Å². The van der Waals surface area contributed by atoms with Crippen molar-refractivity contribution < 1.29 is 12.6 Å². The zero-order chi connectivity index (χ0) is 9.90. The lowest BCUT2D eigenvalue weighted by Gasteiger charge is -2.05. The van der Waals surface area contributed by atoms with Crippen LogP contribution in [0.15, 0.2) is 29.2 Å². The smallest absolute Gasteiger partial charge is 0.267 e. The molecule has 0 bridgehead atoms. The van der Waals surface area contributed by atoms with E-state index in [1.165, 1.54) is 0 Å². The van der Waals surface area contributed by atoms with E-state index in [4.69, 9.17) is 4.18 Å². The molecular weight excluding hydrogens is 204 g/mol. The summed E-state index contributed by atoms with van der Waals surface area (Å²) in [5.74, 6) is 0. The molecule has 1 aromatic carbocycles. The van der Waals surface area contributed by atoms with Crippen LogP contribution in [0.2, 0.25) is 0 Å². The van der Waals surface area contributed by atoms with Crippen molar-refractivity contribution in [1.29, 1.82) is 0 Å². The van der Waals surface area contributed by atoms with Gasteiger partial charge in [-0.1, -0.05) is 23.4 Å². The van der Waals surface area contributed by atoms with Crippen LogP contribution < -0.4 is 5.19 Å². The molecule has 3 nitrogen and oxygen atoms in total. The van der Waals surface area contributed by atoms with Crippen LogP contribution in [-0.4, -0.2) is 25.3 Å². The fraction of sp³-hybridized carbons (Fsp3) is 0.250. The first-order chi connectivity index (χ1) is 6.08. The Labute approximate surface area is 81.3 Å². The van der Waals surface area contributed by atoms with Crippen molar-refractivity contribution in [2.45, 2.75) is 11.8 Å². The Morgan fingerprint density at radius 3 is 2.54 bits per heavy atom. The molecule has 13 heavy (non-hydrogen) atoms. The molecule has 0 radical (unpaired) electrons. The predicted octanol–water partition coefficient (Wildman–Crippen LogP) is -0.597. The molecule has 0 aliphatic rings. The Morgan fingerprint density at radius 1 is 1.38 bits per heavy atom. The van der Waals surface area contributed by atoms with Crippen LogP contribution in [0, 0.1) is 0 Å². The van der Waals surface area contributed by atoms with Crippen molar-refractivity contribution in [2.75, 3.05) is 6.61 Å². The molecule has 0 unspecified atom stereocenters. The number of rotatable bonds is 3. The molecule has 0 saturated carbocycles. The third-order valence-electron chi connectivity index (χ3n) is 1.64. The van der Waals surface area contributed by atoms with E-state index in [0.717, 1.165) is 5.19 Å². The van der Waals surface area contributed by atoms with Gasteiger partial charge in [-0.05, 0) is 13.0 Å². The lowest BCUT2D eigenvalue weighted by molar-refractivity contribution is 0.338. The molecule has 5 heteroatoms. The van der Waals surface area contributed by atoms with Gasteiger partial charge in [0, 0.05) is 10.2 Å². The Hall–Kier alpha value is -0.653. The third kappa shape index (κ3) is 2.39. The van der Waals surface area contributed by atoms with E-state index in [1.54, 1.807) is 25.1 Å². The maximum Gasteiger partial charge on any atom is 0.296 e. The number of benzene rings is 1. The van der Waals surface area contributed by atoms with E-state index < -0.39 is 10.1 Å². The van der Waals surface area contributed by atoms with Crippen LogP contribution in [0.1, 0.15) is 6.92 Å². The van der Waals surface area contributed by atoms with Crippen LogP contribution >= 0.6 is 0 Å². The van der Waals surface area contributed by atoms with Gasteiger partial charge >= 0.3 is 0 Å². The van der Waals surface area contributed by atoms with Crippen molar-refractivity contribution in [1.82, 2.24) is 0 Å². The summed E-state index contributed by atoms with van der Waals surface area (Å²) in [6.07, 6.45) is 0. The fourth-order valence-corrected chi connectivity index (χ4v) is 3.31. The van der Waals surface area contributed by atoms with Gasteiger partial charge in [0.2, 0.25) is 0 Å². The number of hydrogen-bond donors (Lipinski definition) is 0. The molecule has 0 amide bonds. The predicted molar refractivity (Wildman–Crippen MR) is 54.8 cm³/mol. The Bertz CT molecular complexity index is 386. The molecule has 0 aliphatic heterocycles. The maximum absolute atomic E-state index is 11.5. The second-order valence-corrected chi connectivity index (χ2v) is 5.29. The first-order valence-electron chi connectivity index (χ1n) is 4.03. The first kappa shape index (κ1) is 10.4. The minimum absolute atomic E-state index is 0.179. The maximum atomic E-state index is 11.5. The second-order valence-electron chi connectivity index (χ2n) is 2.63. The zero-order valence-corrected chi connectivity index (χ0v) is 10.5. The Kier molecular flexibility index (Phi) is 3.24. The van der Waals surface area contributed by atoms with Gasteiger partial charge in [0.1, 0.15) is 0 Å². The molecule has 1 aromatic rings. The minimum atomic E-state index is -3.51. The molecule has 0 aromatic heterocycles. The van der Waals surface area contributed by atoms with Gasteiger partial charge in [0.25, 0.3) is 10.1 Å². The summed E-state index contributed by atoms with van der Waals surface area (Å²) in [6.45, 7) is 1.84. The summed E-state index contributed by atoms with van der Waals surface area (Å²) in [7, 11) is -2.80. The highest BCUT2D eigenvalue weighted by Crippen LogP contribution is 2.07. The van der Waals surface area contributed by atoms with E-state index >= 15 is 0 Å². The molecule has 0 fully saturated rings. The Morgan fingerprint density at radius 2 is 2.00 bits per heavy atom. The first-order valence-corrected chi connectivity index (χ1v) is 6.44. The van der Waals surface area contributed by atoms with E-state index in [0.29, 0.717) is 15.1 Å². The topological polar surface area (TPSA) is 43.4 Å². The highest BCUT2D eigenvalue weighted by molar-refractivity contribution is 7.87. The lowest BCUT2D eigenvalue weighted by atomic mass is 10.4. The molecule has 72 valence electrons. The van der Waals surface area contributed by atoms with Gasteiger partial charge < -0.3 is 0 Å². The van der Waals surface area contributed by atoms with Crippen LogP contribution in [0.3, 0.4) is 0 Å². The van der Waals surface area contributed by atoms with Crippen LogP contribution in [0.4, 0.5) is 0 Å².